The summed E-state index contributed by atoms with van der Waals surface area (Å²) in [6.45, 7) is 4.72. The average Bonchev–Trinajstić information content (AvgIpc) is 3.27. The Morgan fingerprint density at radius 1 is 1.09 bits per heavy atom. The zero-order valence-corrected chi connectivity index (χ0v) is 28.0. The molecule has 0 bridgehead atoms. The summed E-state index contributed by atoms with van der Waals surface area (Å²) >= 11 is 1.44. The summed E-state index contributed by atoms with van der Waals surface area (Å²) < 4.78 is 5.18. The maximum Gasteiger partial charge on any atom is 0.326 e. The van der Waals surface area contributed by atoms with E-state index in [1.165, 1.54) is 18.7 Å². The Kier molecular flexibility index (Phi) is 11.1. The fraction of sp³-hybridized carbons (Fsp3) is 0.758. The summed E-state index contributed by atoms with van der Waals surface area (Å²) in [6, 6.07) is -2.12. The van der Waals surface area contributed by atoms with E-state index < -0.39 is 65.3 Å². The lowest BCUT2D eigenvalue weighted by atomic mass is 9.45. The van der Waals surface area contributed by atoms with Gasteiger partial charge in [-0.3, -0.25) is 24.0 Å². The van der Waals surface area contributed by atoms with E-state index in [0.717, 1.165) is 18.4 Å². The highest BCUT2D eigenvalue weighted by Gasteiger charge is 2.68. The largest absolute Gasteiger partial charge is 0.480 e. The molecule has 0 radical (unpaired) electrons. The normalized spacial score (nSPS) is 34.6. The van der Waals surface area contributed by atoms with E-state index in [1.54, 1.807) is 6.08 Å². The number of aliphatic carboxylic acids is 1. The number of thioether (sulfide) groups is 1. The minimum atomic E-state index is -1.78. The van der Waals surface area contributed by atoms with Gasteiger partial charge in [-0.15, -0.1) is 0 Å². The third-order valence-corrected chi connectivity index (χ3v) is 12.1. The standard InChI is InChI=1S/C33H48N2O10S/c1-18(29(41)35-23(30(42)43)11-14-46-4)34-26(39)7-8-27(40)45-17-25(38)33(44)13-10-22-21-6-5-19-15-20(36)9-12-31(19,2)28(21)24(37)16-32(22,33)3/h15,18,21-24,28,37,44H,5-14,16-17H2,1-4H3,(H,34,39)(H,35,41)(H,42,43)/t18-,21-,22+,23-,24+,28-,31-,32-,33-/m0/s1. The highest BCUT2D eigenvalue weighted by atomic mass is 32.2. The minimum absolute atomic E-state index is 0.0132. The third kappa shape index (κ3) is 6.92. The Balaban J connectivity index is 1.28. The van der Waals surface area contributed by atoms with Gasteiger partial charge in [0.2, 0.25) is 17.6 Å². The Labute approximate surface area is 273 Å². The zero-order chi connectivity index (χ0) is 34.0. The molecule has 256 valence electrons. The van der Waals surface area contributed by atoms with Crippen molar-refractivity contribution in [3.8, 4) is 0 Å². The summed E-state index contributed by atoms with van der Waals surface area (Å²) in [5, 5.41) is 37.5. The molecule has 3 fully saturated rings. The first-order valence-corrected chi connectivity index (χ1v) is 17.6. The van der Waals surface area contributed by atoms with Gasteiger partial charge >= 0.3 is 11.9 Å². The zero-order valence-electron chi connectivity index (χ0n) is 27.1. The number of carbonyl (C=O) groups excluding carboxylic acids is 5. The molecule has 12 nitrogen and oxygen atoms in total. The van der Waals surface area contributed by atoms with Crippen LogP contribution < -0.4 is 10.6 Å². The van der Waals surface area contributed by atoms with Crippen LogP contribution in [0.15, 0.2) is 11.6 Å². The van der Waals surface area contributed by atoms with E-state index in [2.05, 4.69) is 17.6 Å². The number of rotatable bonds is 13. The molecule has 3 saturated carbocycles. The molecule has 46 heavy (non-hydrogen) atoms. The lowest BCUT2D eigenvalue weighted by Crippen LogP contribution is -2.62. The van der Waals surface area contributed by atoms with Crippen molar-refractivity contribution in [2.75, 3.05) is 18.6 Å². The SMILES string of the molecule is CSCC[C@H](NC(=O)[C@H](C)NC(=O)CCC(=O)OCC(=O)[C@@]1(O)CC[C@@H]2[C@@H]3CCC4=CC(=O)CC[C@]4(C)[C@@H]3[C@H](O)C[C@@]21C)C(=O)O. The molecule has 4 aliphatic carbocycles. The van der Waals surface area contributed by atoms with E-state index >= 15 is 0 Å². The molecular weight excluding hydrogens is 616 g/mol. The molecule has 5 N–H and O–H groups in total. The van der Waals surface area contributed by atoms with Crippen molar-refractivity contribution in [1.29, 1.82) is 0 Å². The van der Waals surface area contributed by atoms with Gasteiger partial charge in [0.15, 0.2) is 12.4 Å². The van der Waals surface area contributed by atoms with Crippen LogP contribution in [0.4, 0.5) is 0 Å². The number of hydrogen-bond acceptors (Lipinski definition) is 10. The third-order valence-electron chi connectivity index (χ3n) is 11.4. The van der Waals surface area contributed by atoms with Gasteiger partial charge in [0.1, 0.15) is 17.7 Å². The van der Waals surface area contributed by atoms with Gasteiger partial charge in [0.05, 0.1) is 12.5 Å². The number of Topliss-reactive ketones (excluding diaryl/α,β-unsaturated/α-hetero) is 1. The number of fused-ring (bicyclic) bond motifs is 5. The average molecular weight is 665 g/mol. The number of carboxylic acids is 1. The van der Waals surface area contributed by atoms with Crippen LogP contribution in [0.1, 0.15) is 85.0 Å². The summed E-state index contributed by atoms with van der Waals surface area (Å²) in [5.41, 5.74) is -1.89. The molecule has 2 amide bonds. The monoisotopic (exact) mass is 664 g/mol. The first kappa shape index (κ1) is 36.1. The summed E-state index contributed by atoms with van der Waals surface area (Å²) in [4.78, 5) is 74.1. The molecule has 13 heteroatoms. The van der Waals surface area contributed by atoms with Crippen molar-refractivity contribution in [3.63, 3.8) is 0 Å². The molecule has 0 aromatic carbocycles. The molecule has 0 aromatic heterocycles. The number of carboxylic acid groups (broad SMARTS) is 1. The van der Waals surface area contributed by atoms with Crippen LogP contribution in [0.25, 0.3) is 0 Å². The van der Waals surface area contributed by atoms with Crippen molar-refractivity contribution in [2.45, 2.75) is 109 Å². The van der Waals surface area contributed by atoms with Gasteiger partial charge in [-0.1, -0.05) is 19.4 Å². The number of carbonyl (C=O) groups is 6. The fourth-order valence-electron chi connectivity index (χ4n) is 8.87. The number of hydrogen-bond donors (Lipinski definition) is 5. The number of ether oxygens (including phenoxy) is 1. The van der Waals surface area contributed by atoms with E-state index in [1.807, 2.05) is 13.2 Å². The lowest BCUT2D eigenvalue weighted by molar-refractivity contribution is -0.184. The molecular formula is C33H48N2O10S. The van der Waals surface area contributed by atoms with Gasteiger partial charge < -0.3 is 30.7 Å². The Morgan fingerprint density at radius 3 is 2.48 bits per heavy atom. The minimum Gasteiger partial charge on any atom is -0.480 e. The number of aliphatic hydroxyl groups is 2. The molecule has 0 unspecified atom stereocenters. The molecule has 0 aromatic rings. The van der Waals surface area contributed by atoms with Crippen molar-refractivity contribution in [2.24, 2.45) is 28.6 Å². The van der Waals surface area contributed by atoms with Crippen LogP contribution in [0, 0.1) is 28.6 Å². The predicted molar refractivity (Wildman–Crippen MR) is 168 cm³/mol. The topological polar surface area (TPSA) is 196 Å². The predicted octanol–water partition coefficient (Wildman–Crippen LogP) is 1.94. The van der Waals surface area contributed by atoms with Crippen molar-refractivity contribution in [1.82, 2.24) is 10.6 Å². The maximum absolute atomic E-state index is 13.5. The number of esters is 1. The second-order valence-electron chi connectivity index (χ2n) is 14.0. The van der Waals surface area contributed by atoms with Crippen LogP contribution in [0.2, 0.25) is 0 Å². The van der Waals surface area contributed by atoms with Crippen LogP contribution in [0.5, 0.6) is 0 Å². The molecule has 4 aliphatic rings. The van der Waals surface area contributed by atoms with Crippen LogP contribution in [0.3, 0.4) is 0 Å². The van der Waals surface area contributed by atoms with E-state index in [4.69, 9.17) is 4.74 Å². The van der Waals surface area contributed by atoms with Crippen molar-refractivity contribution < 1.29 is 48.8 Å². The quantitative estimate of drug-likeness (QED) is 0.181. The first-order valence-electron chi connectivity index (χ1n) is 16.2. The number of aliphatic hydroxyl groups excluding tert-OH is 1. The van der Waals surface area contributed by atoms with E-state index in [0.29, 0.717) is 25.0 Å². The Morgan fingerprint density at radius 2 is 1.80 bits per heavy atom. The number of nitrogens with one attached hydrogen (secondary N) is 2. The highest BCUT2D eigenvalue weighted by molar-refractivity contribution is 7.98. The lowest BCUT2D eigenvalue weighted by Gasteiger charge is -2.60. The molecule has 0 saturated heterocycles. The number of amides is 2. The first-order chi connectivity index (χ1) is 21.6. The second kappa shape index (κ2) is 14.1. The van der Waals surface area contributed by atoms with Gasteiger partial charge in [-0.25, -0.2) is 4.79 Å². The highest BCUT2D eigenvalue weighted by Crippen LogP contribution is 2.67. The fourth-order valence-corrected chi connectivity index (χ4v) is 9.34. The molecule has 4 rings (SSSR count). The van der Waals surface area contributed by atoms with Crippen molar-refractivity contribution in [3.05, 3.63) is 11.6 Å². The van der Waals surface area contributed by atoms with Gasteiger partial charge in [0, 0.05) is 18.3 Å². The smallest absolute Gasteiger partial charge is 0.326 e. The Bertz CT molecular complexity index is 1290. The number of allylic oxidation sites excluding steroid dienone is 1. The summed E-state index contributed by atoms with van der Waals surface area (Å²) in [5.74, 6) is -3.25. The molecule has 0 heterocycles. The Hall–Kier alpha value is -2.77. The second-order valence-corrected chi connectivity index (χ2v) is 15.0. The van der Waals surface area contributed by atoms with Gasteiger partial charge in [-0.05, 0) is 93.1 Å². The molecule has 0 spiro atoms. The summed E-state index contributed by atoms with van der Waals surface area (Å²) in [6.07, 6.45) is 6.05. The molecule has 0 aliphatic heterocycles. The number of ketones is 2. The maximum atomic E-state index is 13.5. The summed E-state index contributed by atoms with van der Waals surface area (Å²) in [7, 11) is 0. The van der Waals surface area contributed by atoms with Crippen molar-refractivity contribution >= 4 is 47.1 Å². The molecule has 9 atom stereocenters. The van der Waals surface area contributed by atoms with E-state index in [9.17, 15) is 44.1 Å². The van der Waals surface area contributed by atoms with E-state index in [-0.39, 0.29) is 61.1 Å². The van der Waals surface area contributed by atoms with Crippen LogP contribution in [-0.2, 0) is 33.5 Å². The van der Waals surface area contributed by atoms with Gasteiger partial charge in [0.25, 0.3) is 0 Å². The van der Waals surface area contributed by atoms with Crippen LogP contribution in [-0.4, -0.2) is 93.0 Å². The van der Waals surface area contributed by atoms with Gasteiger partial charge in [-0.2, -0.15) is 11.8 Å². The van der Waals surface area contributed by atoms with Crippen LogP contribution >= 0.6 is 11.8 Å².